The first-order chi connectivity index (χ1) is 17.9. The lowest BCUT2D eigenvalue weighted by Crippen LogP contribution is -2.37. The standard InChI is InChI=1S/C34H32N2/c1-6-16-26(17-7-1)30-31(27-18-8-2-9-19-27)34(30)24-14-5-15-25-35-32(28-20-10-3-11-21-28)33(36-34)29-22-12-4-13-23-29/h1-4,6-13,16-23,35-36H,5,14-15,24-25H2. The van der Waals surface area contributed by atoms with Crippen LogP contribution in [0, 0.1) is 0 Å². The molecule has 178 valence electrons. The Balaban J connectivity index is 1.55. The molecule has 1 heterocycles. The van der Waals surface area contributed by atoms with Crippen LogP contribution in [0.5, 0.6) is 0 Å². The summed E-state index contributed by atoms with van der Waals surface area (Å²) in [6.45, 7) is 0.972. The van der Waals surface area contributed by atoms with Crippen LogP contribution in [-0.2, 0) is 0 Å². The molecule has 0 amide bonds. The molecule has 36 heavy (non-hydrogen) atoms. The molecule has 1 aliphatic heterocycles. The number of hydrogen-bond acceptors (Lipinski definition) is 2. The molecular weight excluding hydrogens is 436 g/mol. The van der Waals surface area contributed by atoms with Gasteiger partial charge in [-0.2, -0.15) is 0 Å². The Morgan fingerprint density at radius 1 is 0.444 bits per heavy atom. The van der Waals surface area contributed by atoms with Crippen molar-refractivity contribution >= 4 is 22.5 Å². The molecule has 0 saturated carbocycles. The first-order valence-electron chi connectivity index (χ1n) is 13.1. The van der Waals surface area contributed by atoms with E-state index in [0.29, 0.717) is 0 Å². The van der Waals surface area contributed by atoms with Crippen molar-refractivity contribution in [2.45, 2.75) is 31.2 Å². The molecule has 0 unspecified atom stereocenters. The number of benzene rings is 4. The second-order valence-corrected chi connectivity index (χ2v) is 9.73. The highest BCUT2D eigenvalue weighted by Crippen LogP contribution is 2.60. The summed E-state index contributed by atoms with van der Waals surface area (Å²) < 4.78 is 0. The monoisotopic (exact) mass is 468 g/mol. The maximum atomic E-state index is 4.18. The Morgan fingerprint density at radius 3 is 1.39 bits per heavy atom. The normalized spacial score (nSPS) is 17.3. The topological polar surface area (TPSA) is 24.1 Å². The molecule has 1 aliphatic carbocycles. The van der Waals surface area contributed by atoms with Gasteiger partial charge in [-0.1, -0.05) is 134 Å². The summed E-state index contributed by atoms with van der Waals surface area (Å²) in [5.74, 6) is 0. The van der Waals surface area contributed by atoms with Gasteiger partial charge in [0.25, 0.3) is 0 Å². The maximum Gasteiger partial charge on any atom is 0.0899 e. The minimum Gasteiger partial charge on any atom is -0.383 e. The van der Waals surface area contributed by atoms with Gasteiger partial charge in [-0.3, -0.25) is 0 Å². The highest BCUT2D eigenvalue weighted by atomic mass is 15.1. The van der Waals surface area contributed by atoms with Gasteiger partial charge >= 0.3 is 0 Å². The van der Waals surface area contributed by atoms with Crippen LogP contribution in [0.4, 0.5) is 0 Å². The largest absolute Gasteiger partial charge is 0.383 e. The van der Waals surface area contributed by atoms with Crippen molar-refractivity contribution in [1.82, 2.24) is 10.6 Å². The average molecular weight is 469 g/mol. The molecule has 2 N–H and O–H groups in total. The van der Waals surface area contributed by atoms with E-state index in [1.165, 1.54) is 57.6 Å². The first-order valence-corrected chi connectivity index (χ1v) is 13.1. The molecule has 0 fully saturated rings. The molecule has 1 spiro atoms. The summed E-state index contributed by atoms with van der Waals surface area (Å²) in [7, 11) is 0. The smallest absolute Gasteiger partial charge is 0.0899 e. The lowest BCUT2D eigenvalue weighted by molar-refractivity contribution is 0.535. The Labute approximate surface area is 214 Å². The van der Waals surface area contributed by atoms with E-state index >= 15 is 0 Å². The summed E-state index contributed by atoms with van der Waals surface area (Å²) in [5.41, 5.74) is 10.0. The SMILES string of the molecule is c1ccc(C2=C(c3ccccc3)NC3(CCCCCN2)C(c2ccccc2)=C3c2ccccc2)cc1. The van der Waals surface area contributed by atoms with Crippen LogP contribution < -0.4 is 10.6 Å². The van der Waals surface area contributed by atoms with Gasteiger partial charge in [0, 0.05) is 6.54 Å². The number of rotatable bonds is 4. The minimum absolute atomic E-state index is 0.201. The predicted molar refractivity (Wildman–Crippen MR) is 152 cm³/mol. The van der Waals surface area contributed by atoms with E-state index < -0.39 is 0 Å². The van der Waals surface area contributed by atoms with Gasteiger partial charge in [0.2, 0.25) is 0 Å². The van der Waals surface area contributed by atoms with Gasteiger partial charge in [0.15, 0.2) is 0 Å². The molecule has 2 heteroatoms. The van der Waals surface area contributed by atoms with Crippen molar-refractivity contribution in [3.05, 3.63) is 144 Å². The highest BCUT2D eigenvalue weighted by Gasteiger charge is 2.54. The zero-order valence-electron chi connectivity index (χ0n) is 20.6. The molecule has 4 aromatic rings. The molecule has 0 saturated heterocycles. The summed E-state index contributed by atoms with van der Waals surface area (Å²) >= 11 is 0. The molecular formula is C34H32N2. The number of hydrogen-bond donors (Lipinski definition) is 2. The van der Waals surface area contributed by atoms with Crippen LogP contribution in [0.15, 0.2) is 121 Å². The van der Waals surface area contributed by atoms with E-state index in [1.807, 2.05) is 0 Å². The fourth-order valence-corrected chi connectivity index (χ4v) is 5.69. The lowest BCUT2D eigenvalue weighted by Gasteiger charge is -2.30. The van der Waals surface area contributed by atoms with E-state index in [4.69, 9.17) is 0 Å². The van der Waals surface area contributed by atoms with Crippen molar-refractivity contribution in [3.8, 4) is 0 Å². The molecule has 2 nitrogen and oxygen atoms in total. The summed E-state index contributed by atoms with van der Waals surface area (Å²) in [4.78, 5) is 0. The van der Waals surface area contributed by atoms with Gasteiger partial charge in [0.1, 0.15) is 0 Å². The third-order valence-electron chi connectivity index (χ3n) is 7.41. The van der Waals surface area contributed by atoms with Gasteiger partial charge in [-0.15, -0.1) is 0 Å². The quantitative estimate of drug-likeness (QED) is 0.322. The second kappa shape index (κ2) is 9.91. The lowest BCUT2D eigenvalue weighted by atomic mass is 9.92. The van der Waals surface area contributed by atoms with Gasteiger partial charge in [0.05, 0.1) is 16.9 Å². The van der Waals surface area contributed by atoms with Crippen molar-refractivity contribution < 1.29 is 0 Å². The molecule has 6 rings (SSSR count). The summed E-state index contributed by atoms with van der Waals surface area (Å²) in [5, 5.41) is 8.01. The Kier molecular flexibility index (Phi) is 6.17. The van der Waals surface area contributed by atoms with Gasteiger partial charge < -0.3 is 10.6 Å². The van der Waals surface area contributed by atoms with Crippen LogP contribution in [0.25, 0.3) is 22.5 Å². The molecule has 4 aromatic carbocycles. The van der Waals surface area contributed by atoms with Crippen molar-refractivity contribution in [2.24, 2.45) is 0 Å². The summed E-state index contributed by atoms with van der Waals surface area (Å²) in [6, 6.07) is 43.4. The molecule has 0 radical (unpaired) electrons. The fourth-order valence-electron chi connectivity index (χ4n) is 5.69. The van der Waals surface area contributed by atoms with E-state index in [1.54, 1.807) is 0 Å². The first kappa shape index (κ1) is 22.4. The molecule has 0 bridgehead atoms. The van der Waals surface area contributed by atoms with Crippen LogP contribution in [0.3, 0.4) is 0 Å². The maximum absolute atomic E-state index is 4.18. The van der Waals surface area contributed by atoms with E-state index in [2.05, 4.69) is 132 Å². The third kappa shape index (κ3) is 4.24. The van der Waals surface area contributed by atoms with E-state index in [-0.39, 0.29) is 5.54 Å². The van der Waals surface area contributed by atoms with Crippen molar-refractivity contribution in [1.29, 1.82) is 0 Å². The zero-order valence-corrected chi connectivity index (χ0v) is 20.6. The fraction of sp³-hybridized carbons (Fsp3) is 0.176. The average Bonchev–Trinajstić information content (AvgIpc) is 3.61. The van der Waals surface area contributed by atoms with Gasteiger partial charge in [-0.25, -0.2) is 0 Å². The second-order valence-electron chi connectivity index (χ2n) is 9.73. The Morgan fingerprint density at radius 2 is 0.889 bits per heavy atom. The predicted octanol–water partition coefficient (Wildman–Crippen LogP) is 7.63. The highest BCUT2D eigenvalue weighted by molar-refractivity contribution is 6.19. The van der Waals surface area contributed by atoms with Crippen LogP contribution >= 0.6 is 0 Å². The van der Waals surface area contributed by atoms with Crippen molar-refractivity contribution in [3.63, 3.8) is 0 Å². The minimum atomic E-state index is -0.201. The molecule has 0 atom stereocenters. The Hall–Kier alpha value is -4.04. The molecule has 0 aromatic heterocycles. The van der Waals surface area contributed by atoms with E-state index in [0.717, 1.165) is 19.4 Å². The van der Waals surface area contributed by atoms with Crippen LogP contribution in [0.2, 0.25) is 0 Å². The van der Waals surface area contributed by atoms with Gasteiger partial charge in [-0.05, 0) is 46.2 Å². The van der Waals surface area contributed by atoms with Crippen LogP contribution in [-0.4, -0.2) is 12.1 Å². The summed E-state index contributed by atoms with van der Waals surface area (Å²) in [6.07, 6.45) is 4.64. The Bertz CT molecular complexity index is 1320. The third-order valence-corrected chi connectivity index (χ3v) is 7.41. The van der Waals surface area contributed by atoms with Crippen LogP contribution in [0.1, 0.15) is 47.9 Å². The zero-order chi connectivity index (χ0) is 24.2. The van der Waals surface area contributed by atoms with Crippen molar-refractivity contribution in [2.75, 3.05) is 6.54 Å². The number of nitrogens with one attached hydrogen (secondary N) is 2. The van der Waals surface area contributed by atoms with E-state index in [9.17, 15) is 0 Å². The molecule has 2 aliphatic rings.